The minimum Gasteiger partial charge on any atom is -0.360 e. The first kappa shape index (κ1) is 10.4. The fraction of sp³-hybridized carbons (Fsp3) is 0.167. The number of aryl methyl sites for hydroxylation is 1. The van der Waals surface area contributed by atoms with E-state index >= 15 is 0 Å². The highest BCUT2D eigenvalue weighted by Gasteiger charge is 2.11. The molecule has 2 rings (SSSR count). The Morgan fingerprint density at radius 2 is 2.31 bits per heavy atom. The lowest BCUT2D eigenvalue weighted by atomic mass is 10.1. The van der Waals surface area contributed by atoms with Crippen molar-refractivity contribution in [2.45, 2.75) is 12.8 Å². The molecule has 0 radical (unpaired) electrons. The molecule has 1 aromatic carbocycles. The van der Waals surface area contributed by atoms with Gasteiger partial charge in [-0.25, -0.2) is 4.39 Å². The molecule has 80 valence electrons. The number of nitriles is 1. The maximum absolute atomic E-state index is 13.6. The number of nitrogens with zero attached hydrogens (tertiary/aromatic N) is 1. The van der Waals surface area contributed by atoms with Crippen LogP contribution in [0.5, 0.6) is 0 Å². The second-order valence-corrected chi connectivity index (χ2v) is 3.48. The second kappa shape index (κ2) is 4.15. The molecule has 0 amide bonds. The average Bonchev–Trinajstić information content (AvgIpc) is 2.72. The fourth-order valence-corrected chi connectivity index (χ4v) is 1.78. The van der Waals surface area contributed by atoms with E-state index in [0.29, 0.717) is 29.3 Å². The molecule has 1 heterocycles. The van der Waals surface area contributed by atoms with Crippen molar-refractivity contribution < 1.29 is 9.18 Å². The monoisotopic (exact) mass is 216 g/mol. The van der Waals surface area contributed by atoms with Crippen molar-refractivity contribution in [3.63, 3.8) is 0 Å². The predicted molar refractivity (Wildman–Crippen MR) is 57.4 cm³/mol. The number of halogens is 1. The first-order chi connectivity index (χ1) is 7.77. The number of aromatic nitrogens is 1. The van der Waals surface area contributed by atoms with Gasteiger partial charge in [-0.15, -0.1) is 0 Å². The Labute approximate surface area is 91.5 Å². The molecule has 4 heteroatoms. The Balaban J connectivity index is 2.62. The summed E-state index contributed by atoms with van der Waals surface area (Å²) in [4.78, 5) is 13.2. The lowest BCUT2D eigenvalue weighted by molar-refractivity contribution is -0.107. The summed E-state index contributed by atoms with van der Waals surface area (Å²) in [6.45, 7) is 0. The van der Waals surface area contributed by atoms with Gasteiger partial charge in [0.15, 0.2) is 0 Å². The average molecular weight is 216 g/mol. The van der Waals surface area contributed by atoms with Crippen LogP contribution in [0, 0.1) is 17.1 Å². The number of benzene rings is 1. The van der Waals surface area contributed by atoms with Crippen molar-refractivity contribution in [2.24, 2.45) is 0 Å². The fourth-order valence-electron chi connectivity index (χ4n) is 1.78. The number of fused-ring (bicyclic) bond motifs is 1. The van der Waals surface area contributed by atoms with Gasteiger partial charge in [-0.3, -0.25) is 0 Å². The lowest BCUT2D eigenvalue weighted by Gasteiger charge is -1.98. The van der Waals surface area contributed by atoms with Crippen LogP contribution in [0.25, 0.3) is 10.9 Å². The molecule has 0 bridgehead atoms. The van der Waals surface area contributed by atoms with E-state index in [0.717, 1.165) is 11.8 Å². The quantitative estimate of drug-likeness (QED) is 0.800. The van der Waals surface area contributed by atoms with E-state index in [9.17, 15) is 9.18 Å². The number of H-pyrrole nitrogens is 1. The normalized spacial score (nSPS) is 10.2. The minimum atomic E-state index is -0.365. The van der Waals surface area contributed by atoms with Crippen molar-refractivity contribution in [3.05, 3.63) is 35.3 Å². The van der Waals surface area contributed by atoms with Gasteiger partial charge in [-0.1, -0.05) is 0 Å². The van der Waals surface area contributed by atoms with Crippen molar-refractivity contribution in [2.75, 3.05) is 0 Å². The highest BCUT2D eigenvalue weighted by molar-refractivity contribution is 5.88. The van der Waals surface area contributed by atoms with Crippen LogP contribution in [0.3, 0.4) is 0 Å². The zero-order valence-electron chi connectivity index (χ0n) is 8.46. The summed E-state index contributed by atoms with van der Waals surface area (Å²) in [5, 5.41) is 9.28. The van der Waals surface area contributed by atoms with Crippen molar-refractivity contribution in [1.29, 1.82) is 5.26 Å². The van der Waals surface area contributed by atoms with Gasteiger partial charge in [0.1, 0.15) is 18.2 Å². The van der Waals surface area contributed by atoms with Crippen molar-refractivity contribution >= 4 is 17.2 Å². The van der Waals surface area contributed by atoms with Crippen LogP contribution in [-0.4, -0.2) is 11.3 Å². The molecule has 0 spiro atoms. The third-order valence-electron chi connectivity index (χ3n) is 2.52. The molecular weight excluding hydrogens is 207 g/mol. The van der Waals surface area contributed by atoms with E-state index in [2.05, 4.69) is 4.98 Å². The van der Waals surface area contributed by atoms with Crippen LogP contribution in [0.2, 0.25) is 0 Å². The number of aldehydes is 1. The number of hydrogen-bond acceptors (Lipinski definition) is 2. The van der Waals surface area contributed by atoms with Crippen LogP contribution in [-0.2, 0) is 11.2 Å². The first-order valence-corrected chi connectivity index (χ1v) is 4.90. The van der Waals surface area contributed by atoms with Gasteiger partial charge in [0, 0.05) is 18.0 Å². The highest BCUT2D eigenvalue weighted by Crippen LogP contribution is 2.25. The van der Waals surface area contributed by atoms with Gasteiger partial charge in [-0.2, -0.15) is 5.26 Å². The number of carbonyl (C=O) groups excluding carboxylic acids is 1. The Morgan fingerprint density at radius 3 is 3.00 bits per heavy atom. The molecule has 0 atom stereocenters. The van der Waals surface area contributed by atoms with Crippen molar-refractivity contribution in [1.82, 2.24) is 4.98 Å². The molecule has 0 aliphatic rings. The number of aromatic amines is 1. The SMILES string of the molecule is N#Cc1ccc(F)c2c(CCC=O)c[nH]c12. The smallest absolute Gasteiger partial charge is 0.132 e. The van der Waals surface area contributed by atoms with Gasteiger partial charge in [0.25, 0.3) is 0 Å². The minimum absolute atomic E-state index is 0.350. The summed E-state index contributed by atoms with van der Waals surface area (Å²) in [5.74, 6) is -0.365. The Kier molecular flexibility index (Phi) is 2.69. The maximum Gasteiger partial charge on any atom is 0.132 e. The maximum atomic E-state index is 13.6. The van der Waals surface area contributed by atoms with Crippen LogP contribution >= 0.6 is 0 Å². The summed E-state index contributed by atoms with van der Waals surface area (Å²) in [6, 6.07) is 4.72. The third-order valence-corrected chi connectivity index (χ3v) is 2.52. The standard InChI is InChI=1S/C12H9FN2O/c13-10-4-3-8(6-14)12-11(10)9(7-15-12)2-1-5-16/h3-5,7,15H,1-2H2. The van der Waals surface area contributed by atoms with Gasteiger partial charge < -0.3 is 9.78 Å². The molecule has 0 fully saturated rings. The van der Waals surface area contributed by atoms with Gasteiger partial charge >= 0.3 is 0 Å². The summed E-state index contributed by atoms with van der Waals surface area (Å²) >= 11 is 0. The van der Waals surface area contributed by atoms with E-state index in [1.54, 1.807) is 6.20 Å². The van der Waals surface area contributed by atoms with Crippen LogP contribution in [0.4, 0.5) is 4.39 Å². The van der Waals surface area contributed by atoms with Gasteiger partial charge in [0.2, 0.25) is 0 Å². The van der Waals surface area contributed by atoms with Crippen LogP contribution in [0.15, 0.2) is 18.3 Å². The summed E-state index contributed by atoms with van der Waals surface area (Å²) in [5.41, 5.74) is 1.65. The molecule has 1 aromatic heterocycles. The highest BCUT2D eigenvalue weighted by atomic mass is 19.1. The van der Waals surface area contributed by atoms with Gasteiger partial charge in [-0.05, 0) is 24.1 Å². The number of nitrogens with one attached hydrogen (secondary N) is 1. The molecule has 16 heavy (non-hydrogen) atoms. The van der Waals surface area contributed by atoms with E-state index in [1.807, 2.05) is 6.07 Å². The Hall–Kier alpha value is -2.15. The van der Waals surface area contributed by atoms with E-state index < -0.39 is 0 Å². The number of rotatable bonds is 3. The molecule has 0 saturated carbocycles. The topological polar surface area (TPSA) is 56.6 Å². The Bertz CT molecular complexity index is 580. The molecule has 0 aliphatic carbocycles. The number of carbonyl (C=O) groups is 1. The molecule has 3 nitrogen and oxygen atoms in total. The first-order valence-electron chi connectivity index (χ1n) is 4.90. The largest absolute Gasteiger partial charge is 0.360 e. The summed E-state index contributed by atoms with van der Waals surface area (Å²) in [7, 11) is 0. The van der Waals surface area contributed by atoms with Gasteiger partial charge in [0.05, 0.1) is 11.1 Å². The zero-order valence-corrected chi connectivity index (χ0v) is 8.46. The van der Waals surface area contributed by atoms with Crippen LogP contribution in [0.1, 0.15) is 17.5 Å². The van der Waals surface area contributed by atoms with Crippen LogP contribution < -0.4 is 0 Å². The second-order valence-electron chi connectivity index (χ2n) is 3.48. The predicted octanol–water partition coefficient (Wildman–Crippen LogP) is 2.31. The third kappa shape index (κ3) is 1.57. The summed E-state index contributed by atoms with van der Waals surface area (Å²) in [6.07, 6.45) is 3.28. The molecular formula is C12H9FN2O. The molecule has 0 aliphatic heterocycles. The van der Waals surface area contributed by atoms with E-state index in [-0.39, 0.29) is 5.82 Å². The lowest BCUT2D eigenvalue weighted by Crippen LogP contribution is -1.87. The van der Waals surface area contributed by atoms with E-state index in [4.69, 9.17) is 5.26 Å². The van der Waals surface area contributed by atoms with E-state index in [1.165, 1.54) is 12.1 Å². The summed E-state index contributed by atoms with van der Waals surface area (Å²) < 4.78 is 13.6. The Morgan fingerprint density at radius 1 is 1.50 bits per heavy atom. The zero-order chi connectivity index (χ0) is 11.5. The van der Waals surface area contributed by atoms with Crippen molar-refractivity contribution in [3.8, 4) is 6.07 Å². The number of hydrogen-bond donors (Lipinski definition) is 1. The molecule has 1 N–H and O–H groups in total. The molecule has 0 saturated heterocycles. The molecule has 2 aromatic rings. The molecule has 0 unspecified atom stereocenters.